The number of aliphatic carboxylic acids is 1. The fraction of sp³-hybridized carbons (Fsp3) is 0.533. The normalized spacial score (nSPS) is 24.1. The number of benzene rings is 1. The summed E-state index contributed by atoms with van der Waals surface area (Å²) in [4.78, 5) is 13.4. The lowest BCUT2D eigenvalue weighted by atomic mass is 9.93. The van der Waals surface area contributed by atoms with Gasteiger partial charge in [0.2, 0.25) is 0 Å². The first-order chi connectivity index (χ1) is 9.10. The van der Waals surface area contributed by atoms with Gasteiger partial charge in [-0.2, -0.15) is 0 Å². The van der Waals surface area contributed by atoms with Crippen molar-refractivity contribution in [1.82, 2.24) is 4.90 Å². The quantitative estimate of drug-likeness (QED) is 0.906. The molecule has 1 aromatic carbocycles. The van der Waals surface area contributed by atoms with Gasteiger partial charge in [-0.15, -0.1) is 0 Å². The second kappa shape index (κ2) is 6.06. The average molecular weight is 263 g/mol. The van der Waals surface area contributed by atoms with Gasteiger partial charge in [-0.1, -0.05) is 12.1 Å². The molecule has 0 bridgehead atoms. The molecule has 4 heteroatoms. The van der Waals surface area contributed by atoms with Gasteiger partial charge >= 0.3 is 5.97 Å². The predicted molar refractivity (Wildman–Crippen MR) is 73.2 cm³/mol. The number of rotatable bonds is 4. The van der Waals surface area contributed by atoms with Crippen molar-refractivity contribution in [2.24, 2.45) is 5.92 Å². The predicted octanol–water partition coefficient (Wildman–Crippen LogP) is 2.38. The number of nitrogens with zero attached hydrogens (tertiary/aromatic N) is 1. The van der Waals surface area contributed by atoms with E-state index >= 15 is 0 Å². The molecular formula is C15H21NO3. The van der Waals surface area contributed by atoms with Crippen molar-refractivity contribution in [3.63, 3.8) is 0 Å². The Morgan fingerprint density at radius 3 is 2.63 bits per heavy atom. The summed E-state index contributed by atoms with van der Waals surface area (Å²) in [5, 5.41) is 9.13. The zero-order valence-electron chi connectivity index (χ0n) is 11.5. The number of ether oxygens (including phenoxy) is 1. The summed E-state index contributed by atoms with van der Waals surface area (Å²) in [5.74, 6) is -0.0556. The fourth-order valence-electron chi connectivity index (χ4n) is 2.57. The topological polar surface area (TPSA) is 49.8 Å². The highest BCUT2D eigenvalue weighted by atomic mass is 16.5. The molecule has 0 amide bonds. The van der Waals surface area contributed by atoms with Crippen LogP contribution < -0.4 is 4.74 Å². The van der Waals surface area contributed by atoms with E-state index in [0.717, 1.165) is 25.1 Å². The molecule has 2 rings (SSSR count). The van der Waals surface area contributed by atoms with Crippen molar-refractivity contribution in [1.29, 1.82) is 0 Å². The summed E-state index contributed by atoms with van der Waals surface area (Å²) >= 11 is 0. The highest BCUT2D eigenvalue weighted by Gasteiger charge is 2.29. The Balaban J connectivity index is 2.01. The van der Waals surface area contributed by atoms with Crippen LogP contribution in [0.2, 0.25) is 0 Å². The summed E-state index contributed by atoms with van der Waals surface area (Å²) < 4.78 is 5.14. The van der Waals surface area contributed by atoms with Gasteiger partial charge in [0.15, 0.2) is 0 Å². The number of hydrogen-bond acceptors (Lipinski definition) is 3. The first-order valence-corrected chi connectivity index (χ1v) is 6.70. The summed E-state index contributed by atoms with van der Waals surface area (Å²) in [6, 6.07) is 8.40. The van der Waals surface area contributed by atoms with E-state index in [1.807, 2.05) is 24.3 Å². The molecule has 4 nitrogen and oxygen atoms in total. The molecule has 19 heavy (non-hydrogen) atoms. The smallest absolute Gasteiger partial charge is 0.307 e. The number of carboxylic acid groups (broad SMARTS) is 1. The van der Waals surface area contributed by atoms with Gasteiger partial charge in [0.05, 0.1) is 13.0 Å². The maximum atomic E-state index is 11.1. The molecule has 0 saturated carbocycles. The van der Waals surface area contributed by atoms with Gasteiger partial charge in [0, 0.05) is 19.1 Å². The van der Waals surface area contributed by atoms with E-state index in [1.54, 1.807) is 7.11 Å². The zero-order chi connectivity index (χ0) is 13.8. The van der Waals surface area contributed by atoms with Crippen LogP contribution in [0.5, 0.6) is 5.75 Å². The maximum Gasteiger partial charge on any atom is 0.307 e. The van der Waals surface area contributed by atoms with E-state index in [4.69, 9.17) is 9.84 Å². The van der Waals surface area contributed by atoms with Crippen LogP contribution in [0.3, 0.4) is 0 Å². The second-order valence-corrected chi connectivity index (χ2v) is 5.24. The molecular weight excluding hydrogens is 242 g/mol. The van der Waals surface area contributed by atoms with E-state index in [1.165, 1.54) is 5.56 Å². The van der Waals surface area contributed by atoms with Crippen LogP contribution in [0.1, 0.15) is 25.3 Å². The molecule has 2 atom stereocenters. The third-order valence-corrected chi connectivity index (χ3v) is 3.91. The van der Waals surface area contributed by atoms with Crippen molar-refractivity contribution in [3.8, 4) is 5.75 Å². The monoisotopic (exact) mass is 263 g/mol. The van der Waals surface area contributed by atoms with Gasteiger partial charge < -0.3 is 9.84 Å². The van der Waals surface area contributed by atoms with Crippen LogP contribution in [-0.2, 0) is 11.3 Å². The van der Waals surface area contributed by atoms with Crippen LogP contribution in [0.15, 0.2) is 24.3 Å². The lowest BCUT2D eigenvalue weighted by molar-refractivity contribution is -0.144. The van der Waals surface area contributed by atoms with Crippen LogP contribution in [0.4, 0.5) is 0 Å². The van der Waals surface area contributed by atoms with E-state index in [0.29, 0.717) is 12.6 Å². The number of piperidine rings is 1. The Bertz CT molecular complexity index is 430. The van der Waals surface area contributed by atoms with Crippen molar-refractivity contribution >= 4 is 5.97 Å². The molecule has 2 unspecified atom stereocenters. The molecule has 1 saturated heterocycles. The summed E-state index contributed by atoms with van der Waals surface area (Å²) in [7, 11) is 1.65. The van der Waals surface area contributed by atoms with Gasteiger partial charge in [0.1, 0.15) is 5.75 Å². The second-order valence-electron chi connectivity index (χ2n) is 5.24. The molecule has 0 radical (unpaired) electrons. The van der Waals surface area contributed by atoms with Crippen LogP contribution >= 0.6 is 0 Å². The summed E-state index contributed by atoms with van der Waals surface area (Å²) in [6.07, 6.45) is 1.74. The number of hydrogen-bond donors (Lipinski definition) is 1. The van der Waals surface area contributed by atoms with Gasteiger partial charge in [-0.3, -0.25) is 9.69 Å². The first kappa shape index (κ1) is 13.9. The Morgan fingerprint density at radius 1 is 1.37 bits per heavy atom. The minimum Gasteiger partial charge on any atom is -0.497 e. The molecule has 1 aliphatic rings. The highest BCUT2D eigenvalue weighted by Crippen LogP contribution is 2.24. The molecule has 1 heterocycles. The lowest BCUT2D eigenvalue weighted by Crippen LogP contribution is -2.43. The van der Waals surface area contributed by atoms with Crippen LogP contribution in [0, 0.1) is 5.92 Å². The van der Waals surface area contributed by atoms with Gasteiger partial charge in [-0.25, -0.2) is 0 Å². The van der Waals surface area contributed by atoms with Gasteiger partial charge in [-0.05, 0) is 37.5 Å². The van der Waals surface area contributed by atoms with Crippen molar-refractivity contribution < 1.29 is 14.6 Å². The van der Waals surface area contributed by atoms with Crippen molar-refractivity contribution in [3.05, 3.63) is 29.8 Å². The summed E-state index contributed by atoms with van der Waals surface area (Å²) in [6.45, 7) is 3.61. The minimum atomic E-state index is -0.674. The Hall–Kier alpha value is -1.55. The SMILES string of the molecule is COc1ccc(CN2CC(C(=O)O)CCC2C)cc1. The van der Waals surface area contributed by atoms with E-state index in [9.17, 15) is 4.79 Å². The molecule has 1 N–H and O–H groups in total. The Kier molecular flexibility index (Phi) is 4.43. The van der Waals surface area contributed by atoms with E-state index in [-0.39, 0.29) is 5.92 Å². The van der Waals surface area contributed by atoms with Crippen LogP contribution in [-0.4, -0.2) is 35.7 Å². The Labute approximate surface area is 114 Å². The number of carboxylic acids is 1. The third-order valence-electron chi connectivity index (χ3n) is 3.91. The highest BCUT2D eigenvalue weighted by molar-refractivity contribution is 5.70. The first-order valence-electron chi connectivity index (χ1n) is 6.70. The molecule has 1 fully saturated rings. The molecule has 0 aliphatic carbocycles. The Morgan fingerprint density at radius 2 is 2.05 bits per heavy atom. The molecule has 0 aromatic heterocycles. The van der Waals surface area contributed by atoms with Crippen molar-refractivity contribution in [2.75, 3.05) is 13.7 Å². The minimum absolute atomic E-state index is 0.227. The number of methoxy groups -OCH3 is 1. The molecule has 1 aromatic rings. The fourth-order valence-corrected chi connectivity index (χ4v) is 2.57. The zero-order valence-corrected chi connectivity index (χ0v) is 11.5. The maximum absolute atomic E-state index is 11.1. The average Bonchev–Trinajstić information content (AvgIpc) is 2.42. The van der Waals surface area contributed by atoms with Gasteiger partial charge in [0.25, 0.3) is 0 Å². The standard InChI is InChI=1S/C15H21NO3/c1-11-3-6-13(15(17)18)10-16(11)9-12-4-7-14(19-2)8-5-12/h4-5,7-8,11,13H,3,6,9-10H2,1-2H3,(H,17,18). The number of carbonyl (C=O) groups is 1. The van der Waals surface area contributed by atoms with E-state index in [2.05, 4.69) is 11.8 Å². The molecule has 1 aliphatic heterocycles. The third kappa shape index (κ3) is 3.47. The lowest BCUT2D eigenvalue weighted by Gasteiger charge is -2.36. The largest absolute Gasteiger partial charge is 0.497 e. The van der Waals surface area contributed by atoms with Crippen molar-refractivity contribution in [2.45, 2.75) is 32.4 Å². The summed E-state index contributed by atoms with van der Waals surface area (Å²) in [5.41, 5.74) is 1.19. The van der Waals surface area contributed by atoms with Crippen LogP contribution in [0.25, 0.3) is 0 Å². The number of likely N-dealkylation sites (tertiary alicyclic amines) is 1. The van der Waals surface area contributed by atoms with E-state index < -0.39 is 5.97 Å². The molecule has 0 spiro atoms. The molecule has 104 valence electrons.